The number of furan rings is 1. The predicted molar refractivity (Wildman–Crippen MR) is 140 cm³/mol. The van der Waals surface area contributed by atoms with Crippen molar-refractivity contribution in [2.24, 2.45) is 5.73 Å². The maximum atomic E-state index is 12.8. The molecule has 0 aliphatic carbocycles. The molecule has 0 saturated heterocycles. The molecule has 0 spiro atoms. The van der Waals surface area contributed by atoms with Crippen molar-refractivity contribution in [2.45, 2.75) is 20.8 Å². The van der Waals surface area contributed by atoms with E-state index in [1.54, 1.807) is 24.5 Å². The van der Waals surface area contributed by atoms with Crippen LogP contribution in [0.1, 0.15) is 35.3 Å². The van der Waals surface area contributed by atoms with Crippen molar-refractivity contribution in [1.82, 2.24) is 0 Å². The number of allylic oxidation sites excluding steroid dienone is 1. The van der Waals surface area contributed by atoms with Gasteiger partial charge in [-0.1, -0.05) is 29.8 Å². The molecule has 6 nitrogen and oxygen atoms in total. The number of benzene rings is 3. The monoisotopic (exact) mass is 488 g/mol. The summed E-state index contributed by atoms with van der Waals surface area (Å²) in [5.74, 6) is -0.238. The quantitative estimate of drug-likeness (QED) is 0.286. The van der Waals surface area contributed by atoms with Crippen molar-refractivity contribution < 1.29 is 18.7 Å². The first-order chi connectivity index (χ1) is 16.8. The summed E-state index contributed by atoms with van der Waals surface area (Å²) in [5.41, 5.74) is 11.1. The van der Waals surface area contributed by atoms with E-state index in [1.807, 2.05) is 51.1 Å². The third-order valence-corrected chi connectivity index (χ3v) is 5.93. The number of anilines is 1. The lowest BCUT2D eigenvalue weighted by atomic mass is 9.96. The van der Waals surface area contributed by atoms with Crippen LogP contribution in [0.15, 0.2) is 71.4 Å². The summed E-state index contributed by atoms with van der Waals surface area (Å²) in [5, 5.41) is 4.35. The minimum Gasteiger partial charge on any atom is -0.493 e. The highest BCUT2D eigenvalue weighted by Crippen LogP contribution is 2.41. The summed E-state index contributed by atoms with van der Waals surface area (Å²) >= 11 is 6.06. The molecule has 0 saturated carbocycles. The summed E-state index contributed by atoms with van der Waals surface area (Å²) in [7, 11) is 0. The van der Waals surface area contributed by atoms with Crippen molar-refractivity contribution in [3.8, 4) is 16.9 Å². The maximum absolute atomic E-state index is 12.8. The lowest BCUT2D eigenvalue weighted by molar-refractivity contribution is -0.111. The first-order valence-corrected chi connectivity index (χ1v) is 11.5. The fourth-order valence-corrected chi connectivity index (χ4v) is 4.12. The first kappa shape index (κ1) is 24.1. The Morgan fingerprint density at radius 1 is 1.14 bits per heavy atom. The van der Waals surface area contributed by atoms with Crippen molar-refractivity contribution in [3.63, 3.8) is 0 Å². The molecule has 3 aromatic carbocycles. The Balaban J connectivity index is 1.75. The third kappa shape index (κ3) is 5.08. The second-order valence-electron chi connectivity index (χ2n) is 8.11. The lowest BCUT2D eigenvalue weighted by Crippen LogP contribution is -2.13. The van der Waals surface area contributed by atoms with E-state index in [-0.39, 0.29) is 5.91 Å². The Hall–Kier alpha value is -4.03. The maximum Gasteiger partial charge on any atom is 0.248 e. The minimum atomic E-state index is -0.561. The molecule has 0 radical (unpaired) electrons. The Labute approximate surface area is 208 Å². The highest BCUT2D eigenvalue weighted by atomic mass is 35.5. The van der Waals surface area contributed by atoms with Crippen LogP contribution in [0.25, 0.3) is 27.7 Å². The van der Waals surface area contributed by atoms with Crippen LogP contribution in [0.5, 0.6) is 5.75 Å². The fraction of sp³-hybridized carbons (Fsp3) is 0.143. The number of hydrogen-bond acceptors (Lipinski definition) is 4. The van der Waals surface area contributed by atoms with E-state index >= 15 is 0 Å². The van der Waals surface area contributed by atoms with Crippen LogP contribution in [0.4, 0.5) is 5.69 Å². The van der Waals surface area contributed by atoms with Gasteiger partial charge in [0.05, 0.1) is 12.9 Å². The zero-order valence-electron chi connectivity index (χ0n) is 19.6. The topological polar surface area (TPSA) is 94.6 Å². The number of amides is 2. The van der Waals surface area contributed by atoms with Crippen molar-refractivity contribution in [2.75, 3.05) is 11.9 Å². The van der Waals surface area contributed by atoms with E-state index in [0.29, 0.717) is 34.2 Å². The number of nitrogens with one attached hydrogen (secondary N) is 1. The largest absolute Gasteiger partial charge is 0.493 e. The van der Waals surface area contributed by atoms with E-state index < -0.39 is 5.91 Å². The van der Waals surface area contributed by atoms with Gasteiger partial charge in [0.1, 0.15) is 11.3 Å². The van der Waals surface area contributed by atoms with Gasteiger partial charge in [-0.3, -0.25) is 9.59 Å². The smallest absolute Gasteiger partial charge is 0.248 e. The Morgan fingerprint density at radius 3 is 2.57 bits per heavy atom. The van der Waals surface area contributed by atoms with E-state index in [1.165, 1.54) is 12.1 Å². The molecule has 0 fully saturated rings. The molecular weight excluding hydrogens is 464 g/mol. The zero-order chi connectivity index (χ0) is 25.1. The summed E-state index contributed by atoms with van der Waals surface area (Å²) in [4.78, 5) is 24.2. The molecule has 4 rings (SSSR count). The minimum absolute atomic E-state index is 0.317. The Bertz CT molecular complexity index is 1450. The molecule has 1 heterocycles. The number of primary amides is 1. The molecule has 0 bridgehead atoms. The fourth-order valence-electron chi connectivity index (χ4n) is 4.00. The Kier molecular flexibility index (Phi) is 6.94. The highest BCUT2D eigenvalue weighted by Gasteiger charge is 2.19. The number of carbonyl (C=O) groups excluding carboxylic acids is 2. The number of hydrogen-bond donors (Lipinski definition) is 2. The number of ether oxygens (including phenoxy) is 1. The molecule has 7 heteroatoms. The summed E-state index contributed by atoms with van der Waals surface area (Å²) in [6, 6.07) is 16.0. The van der Waals surface area contributed by atoms with Gasteiger partial charge in [-0.15, -0.1) is 0 Å². The van der Waals surface area contributed by atoms with E-state index in [4.69, 9.17) is 26.5 Å². The van der Waals surface area contributed by atoms with Gasteiger partial charge < -0.3 is 20.2 Å². The summed E-state index contributed by atoms with van der Waals surface area (Å²) in [6.07, 6.45) is 3.22. The molecule has 0 unspecified atom stereocenters. The summed E-state index contributed by atoms with van der Waals surface area (Å²) < 4.78 is 11.9. The number of carbonyl (C=O) groups is 2. The highest BCUT2D eigenvalue weighted by molar-refractivity contribution is 6.30. The molecule has 1 aromatic heterocycles. The van der Waals surface area contributed by atoms with Gasteiger partial charge in [0.25, 0.3) is 0 Å². The molecule has 0 aliphatic heterocycles. The Morgan fingerprint density at radius 2 is 1.89 bits per heavy atom. The average molecular weight is 489 g/mol. The van der Waals surface area contributed by atoms with Crippen LogP contribution in [-0.4, -0.2) is 18.4 Å². The van der Waals surface area contributed by atoms with E-state index in [9.17, 15) is 9.59 Å². The zero-order valence-corrected chi connectivity index (χ0v) is 20.4. The molecule has 0 atom stereocenters. The SMILES string of the molecule is CCOc1c(/C(C)=C/C(=O)Nc2cccc(C(N)=O)c2)cc2c(-c3ccc(Cl)cc3)coc2c1C. The number of rotatable bonds is 7. The van der Waals surface area contributed by atoms with Crippen LogP contribution in [0, 0.1) is 6.92 Å². The molecule has 0 aliphatic rings. The number of aryl methyl sites for hydroxylation is 1. The number of fused-ring (bicyclic) bond motifs is 1. The van der Waals surface area contributed by atoms with Crippen LogP contribution >= 0.6 is 11.6 Å². The van der Waals surface area contributed by atoms with Crippen molar-refractivity contribution in [1.29, 1.82) is 0 Å². The van der Waals surface area contributed by atoms with Crippen LogP contribution in [-0.2, 0) is 4.79 Å². The molecule has 35 heavy (non-hydrogen) atoms. The second-order valence-corrected chi connectivity index (χ2v) is 8.54. The van der Waals surface area contributed by atoms with Crippen molar-refractivity contribution in [3.05, 3.63) is 88.6 Å². The van der Waals surface area contributed by atoms with Gasteiger partial charge in [-0.2, -0.15) is 0 Å². The van der Waals surface area contributed by atoms with Gasteiger partial charge >= 0.3 is 0 Å². The van der Waals surface area contributed by atoms with Gasteiger partial charge in [0.2, 0.25) is 11.8 Å². The van der Waals surface area contributed by atoms with E-state index in [2.05, 4.69) is 5.32 Å². The van der Waals surface area contributed by atoms with Gasteiger partial charge in [-0.05, 0) is 68.3 Å². The predicted octanol–water partition coefficient (Wildman–Crippen LogP) is 6.60. The van der Waals surface area contributed by atoms with Crippen LogP contribution in [0.2, 0.25) is 5.02 Å². The normalized spacial score (nSPS) is 11.5. The van der Waals surface area contributed by atoms with Gasteiger partial charge in [0, 0.05) is 44.4 Å². The lowest BCUT2D eigenvalue weighted by Gasteiger charge is -2.15. The molecule has 3 N–H and O–H groups in total. The van der Waals surface area contributed by atoms with Gasteiger partial charge in [-0.25, -0.2) is 0 Å². The second kappa shape index (κ2) is 10.1. The standard InChI is InChI=1S/C28H25ClN2O4/c1-4-34-26-17(3)27-23(24(15-35-27)18-8-10-20(29)11-9-18)14-22(26)16(2)12-25(32)31-21-7-5-6-19(13-21)28(30)33/h5-15H,4H2,1-3H3,(H2,30,33)(H,31,32)/b16-12+. The van der Waals surface area contributed by atoms with Gasteiger partial charge in [0.15, 0.2) is 0 Å². The first-order valence-electron chi connectivity index (χ1n) is 11.1. The molecule has 178 valence electrons. The molecular formula is C28H25ClN2O4. The number of nitrogens with two attached hydrogens (primary N) is 1. The van der Waals surface area contributed by atoms with Crippen molar-refractivity contribution >= 4 is 45.6 Å². The molecule has 2 amide bonds. The van der Waals surface area contributed by atoms with Crippen LogP contribution in [0.3, 0.4) is 0 Å². The van der Waals surface area contributed by atoms with Crippen LogP contribution < -0.4 is 15.8 Å². The summed E-state index contributed by atoms with van der Waals surface area (Å²) in [6.45, 7) is 6.16. The number of halogens is 1. The average Bonchev–Trinajstić information content (AvgIpc) is 3.25. The third-order valence-electron chi connectivity index (χ3n) is 5.67. The molecule has 4 aromatic rings. The van der Waals surface area contributed by atoms with E-state index in [0.717, 1.165) is 33.2 Å².